The van der Waals surface area contributed by atoms with E-state index in [1.807, 2.05) is 6.92 Å². The van der Waals surface area contributed by atoms with Crippen LogP contribution in [0.25, 0.3) is 0 Å². The van der Waals surface area contributed by atoms with Crippen molar-refractivity contribution in [2.24, 2.45) is 4.99 Å². The molecule has 1 atom stereocenters. The van der Waals surface area contributed by atoms with Crippen LogP contribution in [-0.2, 0) is 9.59 Å². The predicted molar refractivity (Wildman–Crippen MR) is 95.0 cm³/mol. The van der Waals surface area contributed by atoms with Gasteiger partial charge in [-0.3, -0.25) is 24.7 Å². The van der Waals surface area contributed by atoms with Crippen molar-refractivity contribution in [3.05, 3.63) is 28.3 Å². The predicted octanol–water partition coefficient (Wildman–Crippen LogP) is 1.93. The Labute approximate surface area is 148 Å². The van der Waals surface area contributed by atoms with Crippen LogP contribution in [0, 0.1) is 10.1 Å². The summed E-state index contributed by atoms with van der Waals surface area (Å²) in [5, 5.41) is 16.1. The Morgan fingerprint density at radius 1 is 1.52 bits per heavy atom. The third-order valence-corrected chi connectivity index (χ3v) is 4.42. The molecule has 25 heavy (non-hydrogen) atoms. The van der Waals surface area contributed by atoms with Crippen molar-refractivity contribution in [2.75, 3.05) is 19.0 Å². The lowest BCUT2D eigenvalue weighted by Gasteiger charge is -2.09. The molecule has 2 N–H and O–H groups in total. The summed E-state index contributed by atoms with van der Waals surface area (Å²) in [6.45, 7) is 2.57. The number of nitro benzene ring substituents is 1. The summed E-state index contributed by atoms with van der Waals surface area (Å²) in [7, 11) is 1.39. The highest BCUT2D eigenvalue weighted by Crippen LogP contribution is 2.30. The second-order valence-corrected chi connectivity index (χ2v) is 6.37. The fourth-order valence-corrected chi connectivity index (χ4v) is 3.09. The highest BCUT2D eigenvalue weighted by Gasteiger charge is 2.32. The number of nitrogens with one attached hydrogen (secondary N) is 2. The molecule has 1 aliphatic rings. The van der Waals surface area contributed by atoms with Gasteiger partial charge in [0.15, 0.2) is 5.17 Å². The molecule has 9 nitrogen and oxygen atoms in total. The average molecular weight is 366 g/mol. The zero-order chi connectivity index (χ0) is 18.4. The normalized spacial score (nSPS) is 18.1. The first-order valence-electron chi connectivity index (χ1n) is 7.58. The summed E-state index contributed by atoms with van der Waals surface area (Å²) < 4.78 is 4.94. The van der Waals surface area contributed by atoms with Gasteiger partial charge in [-0.05, 0) is 18.6 Å². The van der Waals surface area contributed by atoms with Crippen LogP contribution in [-0.4, -0.2) is 40.8 Å². The van der Waals surface area contributed by atoms with E-state index in [1.165, 1.54) is 37.1 Å². The lowest BCUT2D eigenvalue weighted by Crippen LogP contribution is -2.28. The fourth-order valence-electron chi connectivity index (χ4n) is 2.09. The molecule has 1 fully saturated rings. The SMILES string of the molecule is CCCN=C1NC(=O)[C@H](CC(=O)Nc2ccc(OC)cc2[N+](=O)[O-])S1. The average Bonchev–Trinajstić information content (AvgIpc) is 2.92. The molecule has 0 unspecified atom stereocenters. The van der Waals surface area contributed by atoms with Gasteiger partial charge in [-0.25, -0.2) is 0 Å². The summed E-state index contributed by atoms with van der Waals surface area (Å²) in [4.78, 5) is 38.8. The lowest BCUT2D eigenvalue weighted by molar-refractivity contribution is -0.384. The number of thioether (sulfide) groups is 1. The van der Waals surface area contributed by atoms with E-state index in [1.54, 1.807) is 0 Å². The number of aliphatic imine (C=N–C) groups is 1. The Bertz CT molecular complexity index is 722. The van der Waals surface area contributed by atoms with E-state index in [0.29, 0.717) is 17.5 Å². The molecule has 2 rings (SSSR count). The van der Waals surface area contributed by atoms with Crippen molar-refractivity contribution in [3.8, 4) is 5.75 Å². The zero-order valence-corrected chi connectivity index (χ0v) is 14.6. The number of anilines is 1. The quantitative estimate of drug-likeness (QED) is 0.561. The van der Waals surface area contributed by atoms with Crippen LogP contribution in [0.3, 0.4) is 0 Å². The fraction of sp³-hybridized carbons (Fsp3) is 0.400. The smallest absolute Gasteiger partial charge is 0.296 e. The van der Waals surface area contributed by atoms with E-state index >= 15 is 0 Å². The topological polar surface area (TPSA) is 123 Å². The van der Waals surface area contributed by atoms with Crippen LogP contribution in [0.4, 0.5) is 11.4 Å². The molecule has 1 aliphatic heterocycles. The zero-order valence-electron chi connectivity index (χ0n) is 13.8. The molecule has 0 aromatic heterocycles. The van der Waals surface area contributed by atoms with Crippen LogP contribution >= 0.6 is 11.8 Å². The Balaban J connectivity index is 2.03. The molecule has 0 bridgehead atoms. The van der Waals surface area contributed by atoms with Crippen molar-refractivity contribution in [3.63, 3.8) is 0 Å². The lowest BCUT2D eigenvalue weighted by atomic mass is 10.2. The summed E-state index contributed by atoms with van der Waals surface area (Å²) in [5.41, 5.74) is -0.222. The first-order valence-corrected chi connectivity index (χ1v) is 8.46. The minimum atomic E-state index is -0.606. The number of rotatable bonds is 7. The van der Waals surface area contributed by atoms with Gasteiger partial charge in [0.1, 0.15) is 16.7 Å². The van der Waals surface area contributed by atoms with Gasteiger partial charge in [-0.1, -0.05) is 18.7 Å². The molecule has 0 spiro atoms. The number of amides is 2. The number of hydrogen-bond donors (Lipinski definition) is 2. The molecule has 0 saturated carbocycles. The van der Waals surface area contributed by atoms with Crippen LogP contribution in [0.15, 0.2) is 23.2 Å². The number of benzene rings is 1. The first kappa shape index (κ1) is 18.7. The van der Waals surface area contributed by atoms with Gasteiger partial charge in [0.25, 0.3) is 5.69 Å². The molecular formula is C15H18N4O5S. The van der Waals surface area contributed by atoms with Crippen molar-refractivity contribution in [1.29, 1.82) is 0 Å². The highest BCUT2D eigenvalue weighted by atomic mass is 32.2. The molecule has 0 aliphatic carbocycles. The maximum Gasteiger partial charge on any atom is 0.296 e. The molecular weight excluding hydrogens is 348 g/mol. The monoisotopic (exact) mass is 366 g/mol. The van der Waals surface area contributed by atoms with Gasteiger partial charge in [0, 0.05) is 13.0 Å². The minimum Gasteiger partial charge on any atom is -0.496 e. The summed E-state index contributed by atoms with van der Waals surface area (Å²) in [6.07, 6.45) is 0.747. The van der Waals surface area contributed by atoms with Crippen LogP contribution < -0.4 is 15.4 Å². The van der Waals surface area contributed by atoms with Gasteiger partial charge in [0.2, 0.25) is 11.8 Å². The molecule has 0 radical (unpaired) electrons. The van der Waals surface area contributed by atoms with Crippen molar-refractivity contribution in [2.45, 2.75) is 25.0 Å². The Morgan fingerprint density at radius 2 is 2.28 bits per heavy atom. The molecule has 1 aromatic rings. The number of amidine groups is 1. The van der Waals surface area contributed by atoms with Crippen LogP contribution in [0.1, 0.15) is 19.8 Å². The summed E-state index contributed by atoms with van der Waals surface area (Å²) >= 11 is 1.19. The van der Waals surface area contributed by atoms with E-state index < -0.39 is 16.1 Å². The van der Waals surface area contributed by atoms with Crippen molar-refractivity contribution < 1.29 is 19.2 Å². The number of methoxy groups -OCH3 is 1. The minimum absolute atomic E-state index is 0.0547. The Kier molecular flexibility index (Phi) is 6.34. The molecule has 1 saturated heterocycles. The number of nitro groups is 1. The van der Waals surface area contributed by atoms with Crippen LogP contribution in [0.5, 0.6) is 5.75 Å². The third kappa shape index (κ3) is 4.92. The highest BCUT2D eigenvalue weighted by molar-refractivity contribution is 8.15. The second kappa shape index (κ2) is 8.47. The number of nitrogens with zero attached hydrogens (tertiary/aromatic N) is 2. The van der Waals surface area contributed by atoms with Gasteiger partial charge in [-0.2, -0.15) is 0 Å². The number of carbonyl (C=O) groups excluding carboxylic acids is 2. The molecule has 2 amide bonds. The second-order valence-electron chi connectivity index (χ2n) is 5.18. The molecule has 134 valence electrons. The van der Waals surface area contributed by atoms with E-state index in [0.717, 1.165) is 6.42 Å². The van der Waals surface area contributed by atoms with Gasteiger partial charge in [0.05, 0.1) is 18.1 Å². The Morgan fingerprint density at radius 3 is 2.92 bits per heavy atom. The molecule has 10 heteroatoms. The molecule has 1 aromatic carbocycles. The summed E-state index contributed by atoms with van der Waals surface area (Å²) in [5.74, 6) is -0.468. The van der Waals surface area contributed by atoms with E-state index in [4.69, 9.17) is 4.74 Å². The van der Waals surface area contributed by atoms with Crippen molar-refractivity contribution in [1.82, 2.24) is 5.32 Å². The standard InChI is InChI=1S/C15H18N4O5S/c1-3-6-16-15-18-14(21)12(25-15)8-13(20)17-10-5-4-9(24-2)7-11(10)19(22)23/h4-5,7,12H,3,6,8H2,1-2H3,(H,17,20)(H,16,18,21)/t12-/m0/s1. The number of hydrogen-bond acceptors (Lipinski definition) is 7. The number of ether oxygens (including phenoxy) is 1. The number of carbonyl (C=O) groups is 2. The van der Waals surface area contributed by atoms with Gasteiger partial charge >= 0.3 is 0 Å². The Hall–Kier alpha value is -2.62. The van der Waals surface area contributed by atoms with Gasteiger partial charge in [-0.15, -0.1) is 0 Å². The van der Waals surface area contributed by atoms with Crippen molar-refractivity contribution >= 4 is 40.1 Å². The first-order chi connectivity index (χ1) is 11.9. The summed E-state index contributed by atoms with van der Waals surface area (Å²) in [6, 6.07) is 4.13. The van der Waals surface area contributed by atoms with E-state index in [2.05, 4.69) is 15.6 Å². The third-order valence-electron chi connectivity index (χ3n) is 3.30. The molecule has 1 heterocycles. The van der Waals surface area contributed by atoms with E-state index in [9.17, 15) is 19.7 Å². The largest absolute Gasteiger partial charge is 0.496 e. The van der Waals surface area contributed by atoms with Crippen LogP contribution in [0.2, 0.25) is 0 Å². The van der Waals surface area contributed by atoms with E-state index in [-0.39, 0.29) is 23.7 Å². The maximum atomic E-state index is 12.2. The van der Waals surface area contributed by atoms with Gasteiger partial charge < -0.3 is 15.4 Å². The maximum absolute atomic E-state index is 12.2.